The highest BCUT2D eigenvalue weighted by Gasteiger charge is 2.59. The van der Waals surface area contributed by atoms with Gasteiger partial charge in [-0.25, -0.2) is 0 Å². The Morgan fingerprint density at radius 3 is 1.53 bits per heavy atom. The molecule has 0 N–H and O–H groups in total. The summed E-state index contributed by atoms with van der Waals surface area (Å²) in [6.07, 6.45) is 3.67. The average molecular weight is 479 g/mol. The lowest BCUT2D eigenvalue weighted by Crippen LogP contribution is -2.66. The van der Waals surface area contributed by atoms with E-state index in [-0.39, 0.29) is 12.2 Å². The van der Waals surface area contributed by atoms with Crippen LogP contribution in [0.1, 0.15) is 39.5 Å². The molecule has 1 heterocycles. The summed E-state index contributed by atoms with van der Waals surface area (Å²) in [5.41, 5.74) is -0.395. The first kappa shape index (κ1) is 24.3. The molecule has 3 unspecified atom stereocenters. The predicted octanol–water partition coefficient (Wildman–Crippen LogP) is 6.45. The molecule has 180 valence electrons. The highest BCUT2D eigenvalue weighted by atomic mass is 28.4. The second-order valence-electron chi connectivity index (χ2n) is 8.41. The van der Waals surface area contributed by atoms with Crippen molar-refractivity contribution in [1.82, 2.24) is 0 Å². The Bertz CT molecular complexity index is 864. The SMILES string of the molecule is CCCC(OC(CC)[Si](Oc1ccccc1)(Oc1ccccc1)Oc1ccccc1)C1CCO1. The Balaban J connectivity index is 1.74. The zero-order valence-electron chi connectivity index (χ0n) is 20.0. The van der Waals surface area contributed by atoms with Gasteiger partial charge in [0.25, 0.3) is 0 Å². The molecule has 1 aliphatic rings. The highest BCUT2D eigenvalue weighted by molar-refractivity contribution is 6.64. The van der Waals surface area contributed by atoms with Gasteiger partial charge in [-0.2, -0.15) is 0 Å². The maximum atomic E-state index is 6.79. The van der Waals surface area contributed by atoms with Crippen LogP contribution in [0, 0.1) is 0 Å². The molecule has 0 aliphatic carbocycles. The smallest absolute Gasteiger partial charge is 0.482 e. The second-order valence-corrected chi connectivity index (χ2v) is 10.9. The summed E-state index contributed by atoms with van der Waals surface area (Å²) >= 11 is 0. The summed E-state index contributed by atoms with van der Waals surface area (Å²) in [5, 5.41) is 0. The first-order chi connectivity index (χ1) is 16.7. The monoisotopic (exact) mass is 478 g/mol. The van der Waals surface area contributed by atoms with Gasteiger partial charge in [0.2, 0.25) is 0 Å². The van der Waals surface area contributed by atoms with Crippen LogP contribution in [0.25, 0.3) is 0 Å². The van der Waals surface area contributed by atoms with Crippen molar-refractivity contribution in [3.05, 3.63) is 91.0 Å². The lowest BCUT2D eigenvalue weighted by molar-refractivity contribution is -0.152. The van der Waals surface area contributed by atoms with Gasteiger partial charge in [0.1, 0.15) is 17.2 Å². The molecule has 5 nitrogen and oxygen atoms in total. The minimum absolute atomic E-state index is 0.0336. The van der Waals surface area contributed by atoms with E-state index in [1.807, 2.05) is 91.0 Å². The fourth-order valence-corrected chi connectivity index (χ4v) is 6.79. The van der Waals surface area contributed by atoms with Crippen LogP contribution in [0.3, 0.4) is 0 Å². The van der Waals surface area contributed by atoms with E-state index >= 15 is 0 Å². The first-order valence-corrected chi connectivity index (χ1v) is 14.0. The molecule has 1 aliphatic heterocycles. The maximum Gasteiger partial charge on any atom is 0.730 e. The standard InChI is InChI=1S/C28H34O5Si/c1-3-14-27(26-21-22-29-26)30-28(4-2)34(31-23-15-8-5-9-16-23,32-24-17-10-6-11-18-24)33-25-19-12-7-13-20-25/h5-13,15-20,26-28H,3-4,14,21-22H2,1-2H3. The molecule has 0 aromatic heterocycles. The molecule has 3 aromatic carbocycles. The Kier molecular flexibility index (Phi) is 8.63. The van der Waals surface area contributed by atoms with E-state index in [2.05, 4.69) is 13.8 Å². The average Bonchev–Trinajstić information content (AvgIpc) is 2.83. The van der Waals surface area contributed by atoms with Gasteiger partial charge < -0.3 is 22.8 Å². The summed E-state index contributed by atoms with van der Waals surface area (Å²) in [4.78, 5) is 0. The Morgan fingerprint density at radius 1 is 0.765 bits per heavy atom. The van der Waals surface area contributed by atoms with Crippen molar-refractivity contribution < 1.29 is 22.8 Å². The van der Waals surface area contributed by atoms with Gasteiger partial charge in [-0.05, 0) is 55.7 Å². The summed E-state index contributed by atoms with van der Waals surface area (Å²) in [7, 11) is -3.55. The number of hydrogen-bond acceptors (Lipinski definition) is 5. The molecule has 4 rings (SSSR count). The molecule has 3 aromatic rings. The number of ether oxygens (including phenoxy) is 2. The second kappa shape index (κ2) is 12.1. The van der Waals surface area contributed by atoms with Crippen LogP contribution >= 0.6 is 0 Å². The molecular formula is C28H34O5Si. The van der Waals surface area contributed by atoms with Crippen molar-refractivity contribution in [3.63, 3.8) is 0 Å². The molecule has 0 radical (unpaired) electrons. The van der Waals surface area contributed by atoms with Gasteiger partial charge in [-0.3, -0.25) is 0 Å². The van der Waals surface area contributed by atoms with Crippen LogP contribution in [-0.2, 0) is 9.47 Å². The molecular weight excluding hydrogens is 444 g/mol. The zero-order valence-corrected chi connectivity index (χ0v) is 21.0. The number of rotatable bonds is 13. The van der Waals surface area contributed by atoms with Crippen LogP contribution in [0.2, 0.25) is 0 Å². The van der Waals surface area contributed by atoms with Crippen LogP contribution in [0.15, 0.2) is 91.0 Å². The summed E-state index contributed by atoms with van der Waals surface area (Å²) < 4.78 is 32.7. The first-order valence-electron chi connectivity index (χ1n) is 12.2. The van der Waals surface area contributed by atoms with E-state index in [0.717, 1.165) is 25.9 Å². The molecule has 1 saturated heterocycles. The lowest BCUT2D eigenvalue weighted by atomic mass is 10.0. The summed E-state index contributed by atoms with van der Waals surface area (Å²) in [6.45, 7) is 5.05. The van der Waals surface area contributed by atoms with E-state index in [1.165, 1.54) is 0 Å². The minimum Gasteiger partial charge on any atom is -0.482 e. The molecule has 34 heavy (non-hydrogen) atoms. The minimum atomic E-state index is -3.55. The van der Waals surface area contributed by atoms with Crippen molar-refractivity contribution in [2.24, 2.45) is 0 Å². The Labute approximate surface area is 204 Å². The summed E-state index contributed by atoms with van der Waals surface area (Å²) in [6, 6.07) is 29.1. The maximum absolute atomic E-state index is 6.79. The van der Waals surface area contributed by atoms with Crippen LogP contribution in [0.5, 0.6) is 17.2 Å². The fourth-order valence-electron chi connectivity index (χ4n) is 4.03. The lowest BCUT2D eigenvalue weighted by Gasteiger charge is -2.40. The fraction of sp³-hybridized carbons (Fsp3) is 0.357. The Morgan fingerprint density at radius 2 is 1.21 bits per heavy atom. The molecule has 0 saturated carbocycles. The van der Waals surface area contributed by atoms with Crippen molar-refractivity contribution in [1.29, 1.82) is 0 Å². The van der Waals surface area contributed by atoms with Crippen molar-refractivity contribution >= 4 is 8.80 Å². The quantitative estimate of drug-likeness (QED) is 0.264. The largest absolute Gasteiger partial charge is 0.730 e. The number of benzene rings is 3. The van der Waals surface area contributed by atoms with E-state index < -0.39 is 14.5 Å². The van der Waals surface area contributed by atoms with Crippen molar-refractivity contribution in [2.75, 3.05) is 6.61 Å². The summed E-state index contributed by atoms with van der Waals surface area (Å²) in [5.74, 6) is 2.07. The number of para-hydroxylation sites is 3. The van der Waals surface area contributed by atoms with Gasteiger partial charge in [-0.15, -0.1) is 0 Å². The molecule has 0 spiro atoms. The van der Waals surface area contributed by atoms with E-state index in [4.69, 9.17) is 22.8 Å². The normalized spacial score (nSPS) is 17.3. The van der Waals surface area contributed by atoms with Crippen LogP contribution in [0.4, 0.5) is 0 Å². The predicted molar refractivity (Wildman–Crippen MR) is 135 cm³/mol. The van der Waals surface area contributed by atoms with Gasteiger partial charge >= 0.3 is 8.80 Å². The van der Waals surface area contributed by atoms with E-state index in [0.29, 0.717) is 23.7 Å². The zero-order chi connectivity index (χ0) is 23.6. The van der Waals surface area contributed by atoms with Crippen LogP contribution < -0.4 is 13.3 Å². The molecule has 0 amide bonds. The van der Waals surface area contributed by atoms with Crippen molar-refractivity contribution in [2.45, 2.75) is 57.5 Å². The number of hydrogen-bond donors (Lipinski definition) is 0. The highest BCUT2D eigenvalue weighted by Crippen LogP contribution is 2.31. The topological polar surface area (TPSA) is 46.2 Å². The molecule has 0 bridgehead atoms. The van der Waals surface area contributed by atoms with Gasteiger partial charge in [0.15, 0.2) is 5.73 Å². The van der Waals surface area contributed by atoms with Crippen LogP contribution in [-0.4, -0.2) is 33.3 Å². The molecule has 6 heteroatoms. The van der Waals surface area contributed by atoms with E-state index in [9.17, 15) is 0 Å². The third kappa shape index (κ3) is 6.20. The van der Waals surface area contributed by atoms with Crippen molar-refractivity contribution in [3.8, 4) is 17.2 Å². The van der Waals surface area contributed by atoms with Gasteiger partial charge in [0.05, 0.1) is 12.2 Å². The molecule has 1 fully saturated rings. The third-order valence-electron chi connectivity index (χ3n) is 5.84. The van der Waals surface area contributed by atoms with Gasteiger partial charge in [0, 0.05) is 6.61 Å². The molecule has 3 atom stereocenters. The Hall–Kier alpha value is -2.80. The third-order valence-corrected chi connectivity index (χ3v) is 8.73. The van der Waals surface area contributed by atoms with Gasteiger partial charge in [-0.1, -0.05) is 74.9 Å². The van der Waals surface area contributed by atoms with E-state index in [1.54, 1.807) is 0 Å².